The topological polar surface area (TPSA) is 101 Å². The third kappa shape index (κ3) is 3.80. The number of hydrogen-bond donors (Lipinski definition) is 1. The van der Waals surface area contributed by atoms with Crippen LogP contribution in [-0.4, -0.2) is 42.3 Å². The van der Waals surface area contributed by atoms with Crippen LogP contribution in [0.4, 0.5) is 5.69 Å². The van der Waals surface area contributed by atoms with E-state index < -0.39 is 15.9 Å². The summed E-state index contributed by atoms with van der Waals surface area (Å²) in [5.41, 5.74) is 0.729. The Morgan fingerprint density at radius 2 is 1.75 bits per heavy atom. The average Bonchev–Trinajstić information content (AvgIpc) is 2.65. The van der Waals surface area contributed by atoms with Crippen molar-refractivity contribution in [3.8, 4) is 0 Å². The number of hydrogen-bond acceptors (Lipinski definition) is 5. The Kier molecular flexibility index (Phi) is 5.30. The molecule has 3 aromatic rings. The minimum atomic E-state index is -3.54. The Labute approximate surface area is 162 Å². The standard InChI is InChI=1S/C19H20N4O4S/c1-13-20-17-7-5-4-6-16(17)19(25)23(13)12-18(24)21-14-8-10-15(11-9-14)28(26,27)22(2)3/h4-11H,12H2,1-3H3,(H,21,24). The van der Waals surface area contributed by atoms with E-state index >= 15 is 0 Å². The van der Waals surface area contributed by atoms with Crippen LogP contribution in [0.1, 0.15) is 5.82 Å². The molecule has 0 saturated heterocycles. The SMILES string of the molecule is Cc1nc2ccccc2c(=O)n1CC(=O)Nc1ccc(S(=O)(=O)N(C)C)cc1. The number of anilines is 1. The van der Waals surface area contributed by atoms with Gasteiger partial charge in [-0.25, -0.2) is 17.7 Å². The molecule has 1 N–H and O–H groups in total. The number of benzene rings is 2. The number of aromatic nitrogens is 2. The number of para-hydroxylation sites is 1. The lowest BCUT2D eigenvalue weighted by atomic mass is 10.2. The molecule has 146 valence electrons. The first-order valence-electron chi connectivity index (χ1n) is 8.49. The second-order valence-electron chi connectivity index (χ2n) is 6.43. The van der Waals surface area contributed by atoms with Crippen LogP contribution in [0.2, 0.25) is 0 Å². The van der Waals surface area contributed by atoms with E-state index in [-0.39, 0.29) is 17.0 Å². The molecule has 0 aliphatic carbocycles. The molecule has 1 aromatic heterocycles. The maximum atomic E-state index is 12.6. The van der Waals surface area contributed by atoms with E-state index in [2.05, 4.69) is 10.3 Å². The molecule has 9 heteroatoms. The summed E-state index contributed by atoms with van der Waals surface area (Å²) in [6.07, 6.45) is 0. The Morgan fingerprint density at radius 3 is 2.39 bits per heavy atom. The van der Waals surface area contributed by atoms with Gasteiger partial charge in [0.1, 0.15) is 12.4 Å². The van der Waals surface area contributed by atoms with Gasteiger partial charge in [0.05, 0.1) is 15.8 Å². The highest BCUT2D eigenvalue weighted by molar-refractivity contribution is 7.89. The highest BCUT2D eigenvalue weighted by atomic mass is 32.2. The fourth-order valence-corrected chi connectivity index (χ4v) is 3.63. The monoisotopic (exact) mass is 400 g/mol. The van der Waals surface area contributed by atoms with Crippen molar-refractivity contribution in [2.24, 2.45) is 0 Å². The number of sulfonamides is 1. The van der Waals surface area contributed by atoms with Crippen molar-refractivity contribution >= 4 is 32.5 Å². The fourth-order valence-electron chi connectivity index (χ4n) is 2.73. The fraction of sp³-hybridized carbons (Fsp3) is 0.211. The smallest absolute Gasteiger partial charge is 0.261 e. The molecule has 0 atom stereocenters. The Bertz CT molecular complexity index is 1200. The van der Waals surface area contributed by atoms with Crippen molar-refractivity contribution in [3.05, 3.63) is 64.7 Å². The van der Waals surface area contributed by atoms with Crippen molar-refractivity contribution in [3.63, 3.8) is 0 Å². The zero-order valence-electron chi connectivity index (χ0n) is 15.7. The van der Waals surface area contributed by atoms with Crippen LogP contribution in [0.15, 0.2) is 58.2 Å². The van der Waals surface area contributed by atoms with Gasteiger partial charge in [0.15, 0.2) is 0 Å². The van der Waals surface area contributed by atoms with Crippen LogP contribution >= 0.6 is 0 Å². The van der Waals surface area contributed by atoms with Gasteiger partial charge in [-0.15, -0.1) is 0 Å². The zero-order valence-corrected chi connectivity index (χ0v) is 16.5. The summed E-state index contributed by atoms with van der Waals surface area (Å²) in [4.78, 5) is 29.5. The summed E-state index contributed by atoms with van der Waals surface area (Å²) < 4.78 is 26.6. The van der Waals surface area contributed by atoms with Gasteiger partial charge >= 0.3 is 0 Å². The number of amides is 1. The molecule has 3 rings (SSSR count). The minimum absolute atomic E-state index is 0.126. The van der Waals surface area contributed by atoms with Crippen LogP contribution in [0, 0.1) is 6.92 Å². The van der Waals surface area contributed by atoms with E-state index in [1.807, 2.05) is 0 Å². The zero-order chi connectivity index (χ0) is 20.5. The van der Waals surface area contributed by atoms with Crippen LogP contribution in [0.5, 0.6) is 0 Å². The largest absolute Gasteiger partial charge is 0.325 e. The summed E-state index contributed by atoms with van der Waals surface area (Å²) in [5.74, 6) is 0.0248. The summed E-state index contributed by atoms with van der Waals surface area (Å²) in [6, 6.07) is 12.8. The van der Waals surface area contributed by atoms with Gasteiger partial charge in [0.25, 0.3) is 5.56 Å². The Morgan fingerprint density at radius 1 is 1.11 bits per heavy atom. The third-order valence-corrected chi connectivity index (χ3v) is 6.10. The van der Waals surface area contributed by atoms with E-state index in [9.17, 15) is 18.0 Å². The third-order valence-electron chi connectivity index (χ3n) is 4.27. The van der Waals surface area contributed by atoms with Crippen LogP contribution < -0.4 is 10.9 Å². The Hall–Kier alpha value is -3.04. The van der Waals surface area contributed by atoms with Gasteiger partial charge in [0.2, 0.25) is 15.9 Å². The number of carbonyl (C=O) groups is 1. The molecule has 0 bridgehead atoms. The normalized spacial score (nSPS) is 11.7. The lowest BCUT2D eigenvalue weighted by Crippen LogP contribution is -2.30. The highest BCUT2D eigenvalue weighted by Crippen LogP contribution is 2.16. The molecule has 0 spiro atoms. The van der Waals surface area contributed by atoms with Gasteiger partial charge in [-0.3, -0.25) is 14.2 Å². The minimum Gasteiger partial charge on any atom is -0.325 e. The summed E-state index contributed by atoms with van der Waals surface area (Å²) in [6.45, 7) is 1.47. The quantitative estimate of drug-likeness (QED) is 0.701. The number of rotatable bonds is 5. The molecule has 8 nitrogen and oxygen atoms in total. The van der Waals surface area contributed by atoms with Crippen LogP contribution in [0.25, 0.3) is 10.9 Å². The highest BCUT2D eigenvalue weighted by Gasteiger charge is 2.17. The van der Waals surface area contributed by atoms with E-state index in [0.29, 0.717) is 22.4 Å². The lowest BCUT2D eigenvalue weighted by Gasteiger charge is -2.13. The number of aryl methyl sites for hydroxylation is 1. The molecule has 2 aromatic carbocycles. The van der Waals surface area contributed by atoms with Crippen LogP contribution in [-0.2, 0) is 21.4 Å². The molecule has 0 fully saturated rings. The number of nitrogens with one attached hydrogen (secondary N) is 1. The average molecular weight is 400 g/mol. The van der Waals surface area contributed by atoms with Gasteiger partial charge in [-0.2, -0.15) is 0 Å². The Balaban J connectivity index is 1.80. The molecule has 1 amide bonds. The predicted octanol–water partition coefficient (Wildman–Crippen LogP) is 1.59. The van der Waals surface area contributed by atoms with Gasteiger partial charge in [-0.1, -0.05) is 12.1 Å². The molecular formula is C19H20N4O4S. The second-order valence-corrected chi connectivity index (χ2v) is 8.58. The number of carbonyl (C=O) groups excluding carboxylic acids is 1. The maximum absolute atomic E-state index is 12.6. The maximum Gasteiger partial charge on any atom is 0.261 e. The predicted molar refractivity (Wildman–Crippen MR) is 107 cm³/mol. The first kappa shape index (κ1) is 19.7. The summed E-state index contributed by atoms with van der Waals surface area (Å²) in [7, 11) is -0.642. The first-order valence-corrected chi connectivity index (χ1v) is 9.93. The molecule has 0 radical (unpaired) electrons. The van der Waals surface area contributed by atoms with E-state index in [1.54, 1.807) is 31.2 Å². The van der Waals surface area contributed by atoms with Gasteiger partial charge < -0.3 is 5.32 Å². The number of fused-ring (bicyclic) bond motifs is 1. The molecular weight excluding hydrogens is 380 g/mol. The van der Waals surface area contributed by atoms with Crippen molar-refractivity contribution in [1.82, 2.24) is 13.9 Å². The molecule has 1 heterocycles. The van der Waals surface area contributed by atoms with E-state index in [0.717, 1.165) is 4.31 Å². The van der Waals surface area contributed by atoms with Crippen molar-refractivity contribution in [1.29, 1.82) is 0 Å². The van der Waals surface area contributed by atoms with E-state index in [1.165, 1.54) is 42.9 Å². The summed E-state index contributed by atoms with van der Waals surface area (Å²) >= 11 is 0. The molecule has 0 saturated carbocycles. The van der Waals surface area contributed by atoms with E-state index in [4.69, 9.17) is 0 Å². The molecule has 0 aliphatic rings. The van der Waals surface area contributed by atoms with Gasteiger partial charge in [0, 0.05) is 19.8 Å². The van der Waals surface area contributed by atoms with Crippen molar-refractivity contribution < 1.29 is 13.2 Å². The molecule has 0 aliphatic heterocycles. The lowest BCUT2D eigenvalue weighted by molar-refractivity contribution is -0.116. The van der Waals surface area contributed by atoms with Crippen LogP contribution in [0.3, 0.4) is 0 Å². The summed E-state index contributed by atoms with van der Waals surface area (Å²) in [5, 5.41) is 3.11. The molecule has 28 heavy (non-hydrogen) atoms. The number of nitrogens with zero attached hydrogens (tertiary/aromatic N) is 3. The first-order chi connectivity index (χ1) is 13.2. The van der Waals surface area contributed by atoms with Gasteiger partial charge in [-0.05, 0) is 43.3 Å². The van der Waals surface area contributed by atoms with Crippen molar-refractivity contribution in [2.75, 3.05) is 19.4 Å². The van der Waals surface area contributed by atoms with Crippen molar-refractivity contribution in [2.45, 2.75) is 18.4 Å². The molecule has 0 unspecified atom stereocenters. The second kappa shape index (κ2) is 7.53.